The van der Waals surface area contributed by atoms with E-state index in [1.165, 1.54) is 0 Å². The van der Waals surface area contributed by atoms with Crippen molar-refractivity contribution < 1.29 is 14.3 Å². The van der Waals surface area contributed by atoms with Gasteiger partial charge in [0, 0.05) is 6.54 Å². The van der Waals surface area contributed by atoms with Crippen LogP contribution in [-0.4, -0.2) is 24.8 Å². The standard InChI is InChI=1S/C15H20N2O3.ClH/c1-15(6-2-3-7-17-15)14(18)16-9-11-4-5-12-13(8-11)20-10-19-12;/h4-5,8,17H,2-3,6-7,9-10H2,1H3,(H,16,18);1H. The number of carbonyl (C=O) groups is 1. The van der Waals surface area contributed by atoms with Crippen molar-refractivity contribution in [3.05, 3.63) is 23.8 Å². The lowest BCUT2D eigenvalue weighted by atomic mass is 9.90. The van der Waals surface area contributed by atoms with E-state index in [-0.39, 0.29) is 25.1 Å². The fraction of sp³-hybridized carbons (Fsp3) is 0.533. The van der Waals surface area contributed by atoms with Crippen LogP contribution >= 0.6 is 12.4 Å². The third-order valence-electron chi connectivity index (χ3n) is 4.01. The first-order valence-electron chi connectivity index (χ1n) is 7.09. The first-order chi connectivity index (χ1) is 9.67. The number of halogens is 1. The summed E-state index contributed by atoms with van der Waals surface area (Å²) in [5, 5.41) is 6.32. The van der Waals surface area contributed by atoms with Crippen molar-refractivity contribution in [2.75, 3.05) is 13.3 Å². The minimum Gasteiger partial charge on any atom is -0.454 e. The molecule has 2 aliphatic heterocycles. The highest BCUT2D eigenvalue weighted by Gasteiger charge is 2.33. The maximum absolute atomic E-state index is 12.3. The van der Waals surface area contributed by atoms with Gasteiger partial charge in [-0.1, -0.05) is 6.07 Å². The summed E-state index contributed by atoms with van der Waals surface area (Å²) in [6.45, 7) is 3.66. The van der Waals surface area contributed by atoms with Gasteiger partial charge in [-0.3, -0.25) is 4.79 Å². The van der Waals surface area contributed by atoms with Crippen LogP contribution in [0.15, 0.2) is 18.2 Å². The Bertz CT molecular complexity index is 516. The summed E-state index contributed by atoms with van der Waals surface area (Å²) in [6.07, 6.45) is 3.13. The number of benzene rings is 1. The second kappa shape index (κ2) is 6.54. The molecule has 1 fully saturated rings. The fourth-order valence-electron chi connectivity index (χ4n) is 2.68. The molecular weight excluding hydrogens is 292 g/mol. The van der Waals surface area contributed by atoms with Gasteiger partial charge in [0.15, 0.2) is 11.5 Å². The number of amides is 1. The topological polar surface area (TPSA) is 59.6 Å². The largest absolute Gasteiger partial charge is 0.454 e. The summed E-state index contributed by atoms with van der Waals surface area (Å²) in [4.78, 5) is 12.3. The molecule has 1 aromatic carbocycles. The Morgan fingerprint density at radius 3 is 2.90 bits per heavy atom. The number of piperidine rings is 1. The van der Waals surface area contributed by atoms with Gasteiger partial charge < -0.3 is 20.1 Å². The Morgan fingerprint density at radius 1 is 1.33 bits per heavy atom. The molecule has 2 N–H and O–H groups in total. The molecule has 21 heavy (non-hydrogen) atoms. The van der Waals surface area contributed by atoms with E-state index < -0.39 is 5.54 Å². The molecule has 6 heteroatoms. The van der Waals surface area contributed by atoms with Crippen LogP contribution in [-0.2, 0) is 11.3 Å². The van der Waals surface area contributed by atoms with Crippen molar-refractivity contribution in [1.82, 2.24) is 10.6 Å². The van der Waals surface area contributed by atoms with Gasteiger partial charge in [-0.25, -0.2) is 0 Å². The van der Waals surface area contributed by atoms with Crippen LogP contribution in [0.5, 0.6) is 11.5 Å². The zero-order valence-electron chi connectivity index (χ0n) is 12.1. The summed E-state index contributed by atoms with van der Waals surface area (Å²) in [5.41, 5.74) is 0.580. The quantitative estimate of drug-likeness (QED) is 0.896. The van der Waals surface area contributed by atoms with E-state index in [1.54, 1.807) is 0 Å². The van der Waals surface area contributed by atoms with E-state index in [1.807, 2.05) is 25.1 Å². The number of hydrogen-bond acceptors (Lipinski definition) is 4. The van der Waals surface area contributed by atoms with Gasteiger partial charge in [0.2, 0.25) is 12.7 Å². The van der Waals surface area contributed by atoms with Crippen LogP contribution in [0.25, 0.3) is 0 Å². The van der Waals surface area contributed by atoms with E-state index in [0.717, 1.165) is 42.9 Å². The normalized spacial score (nSPS) is 23.3. The molecule has 116 valence electrons. The van der Waals surface area contributed by atoms with Crippen LogP contribution in [0.1, 0.15) is 31.7 Å². The Labute approximate surface area is 130 Å². The summed E-state index contributed by atoms with van der Waals surface area (Å²) in [6, 6.07) is 5.74. The first-order valence-corrected chi connectivity index (χ1v) is 7.09. The fourth-order valence-corrected chi connectivity index (χ4v) is 2.68. The van der Waals surface area contributed by atoms with E-state index in [2.05, 4.69) is 10.6 Å². The molecule has 0 radical (unpaired) electrons. The lowest BCUT2D eigenvalue weighted by molar-refractivity contribution is -0.128. The average Bonchev–Trinajstić information content (AvgIpc) is 2.93. The molecule has 0 spiro atoms. The Morgan fingerprint density at radius 2 is 2.14 bits per heavy atom. The van der Waals surface area contributed by atoms with E-state index in [9.17, 15) is 4.79 Å². The predicted molar refractivity (Wildman–Crippen MR) is 81.9 cm³/mol. The maximum atomic E-state index is 12.3. The smallest absolute Gasteiger partial charge is 0.240 e. The monoisotopic (exact) mass is 312 g/mol. The van der Waals surface area contributed by atoms with Crippen molar-refractivity contribution in [3.63, 3.8) is 0 Å². The second-order valence-corrected chi connectivity index (χ2v) is 5.59. The van der Waals surface area contributed by atoms with Gasteiger partial charge in [-0.15, -0.1) is 12.4 Å². The highest BCUT2D eigenvalue weighted by atomic mass is 35.5. The van der Waals surface area contributed by atoms with Gasteiger partial charge in [0.05, 0.1) is 5.54 Å². The molecule has 1 aromatic rings. The lowest BCUT2D eigenvalue weighted by Gasteiger charge is -2.33. The van der Waals surface area contributed by atoms with Gasteiger partial charge in [0.25, 0.3) is 0 Å². The summed E-state index contributed by atoms with van der Waals surface area (Å²) in [5.74, 6) is 1.58. The minimum absolute atomic E-state index is 0. The molecule has 1 unspecified atom stereocenters. The minimum atomic E-state index is -0.436. The molecule has 2 aliphatic rings. The SMILES string of the molecule is CC1(C(=O)NCc2ccc3c(c2)OCO3)CCCCN1.Cl. The number of rotatable bonds is 3. The zero-order chi connectivity index (χ0) is 14.0. The Kier molecular flexibility index (Phi) is 4.96. The van der Waals surface area contributed by atoms with Crippen molar-refractivity contribution in [3.8, 4) is 11.5 Å². The predicted octanol–water partition coefficient (Wildman–Crippen LogP) is 1.99. The van der Waals surface area contributed by atoms with E-state index in [4.69, 9.17) is 9.47 Å². The molecule has 1 amide bonds. The summed E-state index contributed by atoms with van der Waals surface area (Å²) >= 11 is 0. The molecule has 1 atom stereocenters. The molecular formula is C15H21ClN2O3. The first kappa shape index (κ1) is 15.9. The molecule has 0 bridgehead atoms. The van der Waals surface area contributed by atoms with Crippen LogP contribution in [0.2, 0.25) is 0 Å². The molecule has 1 saturated heterocycles. The second-order valence-electron chi connectivity index (χ2n) is 5.59. The highest BCUT2D eigenvalue weighted by molar-refractivity contribution is 5.86. The summed E-state index contributed by atoms with van der Waals surface area (Å²) in [7, 11) is 0. The molecule has 2 heterocycles. The van der Waals surface area contributed by atoms with Gasteiger partial charge >= 0.3 is 0 Å². The maximum Gasteiger partial charge on any atom is 0.240 e. The van der Waals surface area contributed by atoms with Crippen molar-refractivity contribution in [2.45, 2.75) is 38.3 Å². The van der Waals surface area contributed by atoms with Crippen molar-refractivity contribution >= 4 is 18.3 Å². The molecule has 0 saturated carbocycles. The average molecular weight is 313 g/mol. The van der Waals surface area contributed by atoms with Crippen LogP contribution in [0, 0.1) is 0 Å². The van der Waals surface area contributed by atoms with Crippen molar-refractivity contribution in [2.24, 2.45) is 0 Å². The molecule has 0 aromatic heterocycles. The zero-order valence-corrected chi connectivity index (χ0v) is 12.9. The number of fused-ring (bicyclic) bond motifs is 1. The molecule has 3 rings (SSSR count). The third-order valence-corrected chi connectivity index (χ3v) is 4.01. The van der Waals surface area contributed by atoms with E-state index >= 15 is 0 Å². The highest BCUT2D eigenvalue weighted by Crippen LogP contribution is 2.32. The number of carbonyl (C=O) groups excluding carboxylic acids is 1. The number of ether oxygens (including phenoxy) is 2. The lowest BCUT2D eigenvalue weighted by Crippen LogP contribution is -2.56. The van der Waals surface area contributed by atoms with Crippen LogP contribution in [0.4, 0.5) is 0 Å². The summed E-state index contributed by atoms with van der Waals surface area (Å²) < 4.78 is 10.6. The third kappa shape index (κ3) is 3.41. The molecule has 0 aliphatic carbocycles. The van der Waals surface area contributed by atoms with Crippen LogP contribution < -0.4 is 20.1 Å². The van der Waals surface area contributed by atoms with E-state index in [0.29, 0.717) is 6.54 Å². The van der Waals surface area contributed by atoms with Gasteiger partial charge in [-0.2, -0.15) is 0 Å². The molecule has 5 nitrogen and oxygen atoms in total. The van der Waals surface area contributed by atoms with Crippen LogP contribution in [0.3, 0.4) is 0 Å². The number of hydrogen-bond donors (Lipinski definition) is 2. The Balaban J connectivity index is 0.00000161. The van der Waals surface area contributed by atoms with Crippen molar-refractivity contribution in [1.29, 1.82) is 0 Å². The number of nitrogens with one attached hydrogen (secondary N) is 2. The Hall–Kier alpha value is -1.46. The van der Waals surface area contributed by atoms with Gasteiger partial charge in [0.1, 0.15) is 0 Å². The van der Waals surface area contributed by atoms with Gasteiger partial charge in [-0.05, 0) is 50.4 Å².